The molecule has 0 aromatic heterocycles. The highest BCUT2D eigenvalue weighted by Crippen LogP contribution is 1.95. The molecule has 1 aliphatic heterocycles. The molecular weight excluding hydrogens is 92.1 g/mol. The van der Waals surface area contributed by atoms with Crippen molar-refractivity contribution < 1.29 is 4.74 Å². The molecule has 2 heteroatoms. The Morgan fingerprint density at radius 1 is 1.17 bits per heavy atom. The van der Waals surface area contributed by atoms with Gasteiger partial charge in [-0.3, -0.25) is 0 Å². The molecule has 0 bridgehead atoms. The van der Waals surface area contributed by atoms with Crippen molar-refractivity contribution in [2.45, 2.75) is 12.1 Å². The predicted octanol–water partition coefficient (Wildman–Crippen LogP) is 0.0220. The molecule has 6 heavy (non-hydrogen) atoms. The highest BCUT2D eigenvalue weighted by molar-refractivity contribution is 6.35. The van der Waals surface area contributed by atoms with Gasteiger partial charge in [0.2, 0.25) is 0 Å². The summed E-state index contributed by atoms with van der Waals surface area (Å²) in [4.78, 5) is 0. The van der Waals surface area contributed by atoms with Crippen LogP contribution >= 0.6 is 0 Å². The molecule has 1 nitrogen and oxygen atoms in total. The molecule has 0 aromatic carbocycles. The Bertz CT molecular complexity index is 23.0. The van der Waals surface area contributed by atoms with E-state index in [9.17, 15) is 0 Å². The second kappa shape index (κ2) is 2.37. The summed E-state index contributed by atoms with van der Waals surface area (Å²) in [5.41, 5.74) is 0. The fourth-order valence-corrected chi connectivity index (χ4v) is 1.86. The maximum Gasteiger partial charge on any atom is 0.0437 e. The molecule has 1 heterocycles. The van der Waals surface area contributed by atoms with E-state index in [1.165, 1.54) is 12.1 Å². The van der Waals surface area contributed by atoms with Crippen LogP contribution in [0.5, 0.6) is 0 Å². The van der Waals surface area contributed by atoms with Gasteiger partial charge in [0.1, 0.15) is 0 Å². The molecule has 0 amide bonds. The summed E-state index contributed by atoms with van der Waals surface area (Å²) in [5, 5.41) is 0. The van der Waals surface area contributed by atoms with Gasteiger partial charge in [-0.05, 0) is 12.1 Å². The third-order valence-corrected chi connectivity index (χ3v) is 2.65. The normalized spacial score (nSPS) is 24.0. The molecule has 1 saturated heterocycles. The minimum absolute atomic E-state index is 0.383. The van der Waals surface area contributed by atoms with Gasteiger partial charge in [-0.25, -0.2) is 0 Å². The van der Waals surface area contributed by atoms with Crippen LogP contribution in [-0.4, -0.2) is 22.7 Å². The van der Waals surface area contributed by atoms with Crippen LogP contribution in [0.4, 0.5) is 0 Å². The minimum atomic E-state index is 0.383. The summed E-state index contributed by atoms with van der Waals surface area (Å²) in [6.07, 6.45) is 0. The first kappa shape index (κ1) is 4.34. The van der Waals surface area contributed by atoms with E-state index >= 15 is 0 Å². The number of rotatable bonds is 0. The van der Waals surface area contributed by atoms with E-state index in [4.69, 9.17) is 4.74 Å². The molecular formula is C4H10OSi. The van der Waals surface area contributed by atoms with E-state index in [1.54, 1.807) is 0 Å². The summed E-state index contributed by atoms with van der Waals surface area (Å²) in [6, 6.07) is 2.83. The molecule has 1 rings (SSSR count). The lowest BCUT2D eigenvalue weighted by molar-refractivity contribution is 0.152. The van der Waals surface area contributed by atoms with Crippen LogP contribution < -0.4 is 0 Å². The van der Waals surface area contributed by atoms with E-state index in [0.717, 1.165) is 13.2 Å². The van der Waals surface area contributed by atoms with E-state index in [2.05, 4.69) is 0 Å². The fraction of sp³-hybridized carbons (Fsp3) is 1.00. The van der Waals surface area contributed by atoms with Gasteiger partial charge in [0.25, 0.3) is 0 Å². The molecule has 0 atom stereocenters. The fourth-order valence-electron chi connectivity index (χ4n) is 0.687. The maximum atomic E-state index is 5.10. The first-order valence-electron chi connectivity index (χ1n) is 2.58. The second-order valence-corrected chi connectivity index (χ2v) is 3.79. The third-order valence-electron chi connectivity index (χ3n) is 1.08. The third kappa shape index (κ3) is 1.10. The van der Waals surface area contributed by atoms with Gasteiger partial charge in [0.15, 0.2) is 0 Å². The van der Waals surface area contributed by atoms with Gasteiger partial charge >= 0.3 is 0 Å². The Morgan fingerprint density at radius 2 is 1.83 bits per heavy atom. The van der Waals surface area contributed by atoms with Crippen molar-refractivity contribution in [2.75, 3.05) is 13.2 Å². The van der Waals surface area contributed by atoms with Crippen LogP contribution in [0, 0.1) is 0 Å². The van der Waals surface area contributed by atoms with Gasteiger partial charge in [0, 0.05) is 22.7 Å². The van der Waals surface area contributed by atoms with E-state index in [1.807, 2.05) is 0 Å². The average molecular weight is 102 g/mol. The zero-order valence-corrected chi connectivity index (χ0v) is 5.36. The topological polar surface area (TPSA) is 9.23 Å². The van der Waals surface area contributed by atoms with E-state index < -0.39 is 0 Å². The Morgan fingerprint density at radius 3 is 2.00 bits per heavy atom. The quantitative estimate of drug-likeness (QED) is 0.392. The van der Waals surface area contributed by atoms with Gasteiger partial charge < -0.3 is 4.74 Å². The smallest absolute Gasteiger partial charge is 0.0437 e. The van der Waals surface area contributed by atoms with Crippen molar-refractivity contribution in [3.63, 3.8) is 0 Å². The zero-order chi connectivity index (χ0) is 4.24. The molecule has 0 spiro atoms. The molecule has 0 saturated carbocycles. The molecule has 0 N–H and O–H groups in total. The van der Waals surface area contributed by atoms with Gasteiger partial charge in [-0.1, -0.05) is 0 Å². The monoisotopic (exact) mass is 102 g/mol. The largest absolute Gasteiger partial charge is 0.382 e. The highest BCUT2D eigenvalue weighted by Gasteiger charge is 1.95. The van der Waals surface area contributed by atoms with Crippen LogP contribution in [0.2, 0.25) is 12.1 Å². The summed E-state index contributed by atoms with van der Waals surface area (Å²) < 4.78 is 5.10. The Labute approximate surface area is 40.5 Å². The summed E-state index contributed by atoms with van der Waals surface area (Å²) in [7, 11) is 0.383. The number of ether oxygens (including phenoxy) is 1. The van der Waals surface area contributed by atoms with Gasteiger partial charge in [-0.15, -0.1) is 0 Å². The van der Waals surface area contributed by atoms with E-state index in [0.29, 0.717) is 9.52 Å². The first-order valence-corrected chi connectivity index (χ1v) is 4.58. The Kier molecular flexibility index (Phi) is 1.71. The summed E-state index contributed by atoms with van der Waals surface area (Å²) in [6.45, 7) is 2.12. The number of hydrogen-bond acceptors (Lipinski definition) is 1. The Hall–Kier alpha value is 0.177. The SMILES string of the molecule is C1C[SiH2]CCO1. The predicted molar refractivity (Wildman–Crippen MR) is 29.0 cm³/mol. The van der Waals surface area contributed by atoms with Crippen LogP contribution in [0.15, 0.2) is 0 Å². The van der Waals surface area contributed by atoms with E-state index in [-0.39, 0.29) is 0 Å². The van der Waals surface area contributed by atoms with Crippen LogP contribution in [0.3, 0.4) is 0 Å². The molecule has 0 aromatic rings. The lowest BCUT2D eigenvalue weighted by Gasteiger charge is -2.07. The highest BCUT2D eigenvalue weighted by atomic mass is 28.2. The lowest BCUT2D eigenvalue weighted by Crippen LogP contribution is -2.08. The van der Waals surface area contributed by atoms with Crippen molar-refractivity contribution in [1.82, 2.24) is 0 Å². The molecule has 0 unspecified atom stereocenters. The first-order chi connectivity index (χ1) is 3.00. The standard InChI is InChI=1S/C4H10OSi/c1-3-6-4-2-5-1/h1-4,6H2. The average Bonchev–Trinajstić information content (AvgIpc) is 1.72. The van der Waals surface area contributed by atoms with Gasteiger partial charge in [-0.2, -0.15) is 0 Å². The molecule has 36 valence electrons. The van der Waals surface area contributed by atoms with Crippen LogP contribution in [0.25, 0.3) is 0 Å². The molecule has 1 aliphatic rings. The van der Waals surface area contributed by atoms with Crippen molar-refractivity contribution in [2.24, 2.45) is 0 Å². The summed E-state index contributed by atoms with van der Waals surface area (Å²) in [5.74, 6) is 0. The van der Waals surface area contributed by atoms with Crippen molar-refractivity contribution in [1.29, 1.82) is 0 Å². The zero-order valence-electron chi connectivity index (χ0n) is 3.94. The minimum Gasteiger partial charge on any atom is -0.382 e. The Balaban J connectivity index is 2.00. The van der Waals surface area contributed by atoms with Gasteiger partial charge in [0.05, 0.1) is 0 Å². The second-order valence-electron chi connectivity index (χ2n) is 1.67. The van der Waals surface area contributed by atoms with Crippen molar-refractivity contribution >= 4 is 9.52 Å². The lowest BCUT2D eigenvalue weighted by atomic mass is 10.8. The summed E-state index contributed by atoms with van der Waals surface area (Å²) >= 11 is 0. The molecule has 0 aliphatic carbocycles. The maximum absolute atomic E-state index is 5.10. The van der Waals surface area contributed by atoms with Crippen molar-refractivity contribution in [3.05, 3.63) is 0 Å². The molecule has 0 radical (unpaired) electrons. The molecule has 1 fully saturated rings. The number of hydrogen-bond donors (Lipinski definition) is 0. The van der Waals surface area contributed by atoms with Crippen molar-refractivity contribution in [3.8, 4) is 0 Å². The van der Waals surface area contributed by atoms with Crippen LogP contribution in [-0.2, 0) is 4.74 Å². The van der Waals surface area contributed by atoms with Crippen LogP contribution in [0.1, 0.15) is 0 Å².